The van der Waals surface area contributed by atoms with Crippen molar-refractivity contribution in [1.29, 1.82) is 0 Å². The van der Waals surface area contributed by atoms with Crippen LogP contribution in [-0.2, 0) is 4.74 Å². The number of nitrogens with zero attached hydrogens (tertiary/aromatic N) is 2. The molecule has 0 bridgehead atoms. The molecular formula is C11H17N3O. The molecule has 0 aliphatic carbocycles. The standard InChI is InChI=1S/C11H17N3O/c1-12-10(7-9-3-2-6-15-9)11-8-13-4-5-14-11/h4-5,8-10,12H,2-3,6-7H2,1H3. The lowest BCUT2D eigenvalue weighted by molar-refractivity contribution is 0.0949. The van der Waals surface area contributed by atoms with Gasteiger partial charge in [0.15, 0.2) is 0 Å². The number of hydrogen-bond acceptors (Lipinski definition) is 4. The Kier molecular flexibility index (Phi) is 3.64. The van der Waals surface area contributed by atoms with Crippen LogP contribution in [-0.4, -0.2) is 29.7 Å². The molecule has 1 aromatic heterocycles. The van der Waals surface area contributed by atoms with Gasteiger partial charge in [0, 0.05) is 25.2 Å². The summed E-state index contributed by atoms with van der Waals surface area (Å²) >= 11 is 0. The van der Waals surface area contributed by atoms with Gasteiger partial charge in [-0.3, -0.25) is 9.97 Å². The van der Waals surface area contributed by atoms with Gasteiger partial charge in [-0.05, 0) is 26.3 Å². The summed E-state index contributed by atoms with van der Waals surface area (Å²) in [7, 11) is 1.95. The maximum absolute atomic E-state index is 5.62. The molecule has 82 valence electrons. The zero-order valence-corrected chi connectivity index (χ0v) is 9.02. The maximum atomic E-state index is 5.62. The van der Waals surface area contributed by atoms with E-state index in [-0.39, 0.29) is 6.04 Å². The molecule has 1 saturated heterocycles. The molecule has 2 atom stereocenters. The third-order valence-corrected chi connectivity index (χ3v) is 2.81. The van der Waals surface area contributed by atoms with E-state index in [4.69, 9.17) is 4.74 Å². The van der Waals surface area contributed by atoms with Crippen molar-refractivity contribution < 1.29 is 4.74 Å². The fraction of sp³-hybridized carbons (Fsp3) is 0.636. The Labute approximate surface area is 90.1 Å². The third-order valence-electron chi connectivity index (χ3n) is 2.81. The van der Waals surface area contributed by atoms with E-state index in [1.165, 1.54) is 12.8 Å². The summed E-state index contributed by atoms with van der Waals surface area (Å²) in [5.74, 6) is 0. The van der Waals surface area contributed by atoms with E-state index in [1.54, 1.807) is 12.4 Å². The fourth-order valence-corrected chi connectivity index (χ4v) is 1.97. The third kappa shape index (κ3) is 2.73. The van der Waals surface area contributed by atoms with Crippen LogP contribution in [0, 0.1) is 0 Å². The normalized spacial score (nSPS) is 22.9. The number of nitrogens with one attached hydrogen (secondary N) is 1. The average Bonchev–Trinajstić information content (AvgIpc) is 2.80. The Morgan fingerprint density at radius 1 is 1.60 bits per heavy atom. The van der Waals surface area contributed by atoms with Gasteiger partial charge in [0.25, 0.3) is 0 Å². The van der Waals surface area contributed by atoms with Crippen LogP contribution < -0.4 is 5.32 Å². The number of aromatic nitrogens is 2. The molecule has 1 fully saturated rings. The SMILES string of the molecule is CNC(CC1CCCO1)c1cnccn1. The van der Waals surface area contributed by atoms with Crippen molar-refractivity contribution in [2.45, 2.75) is 31.4 Å². The van der Waals surface area contributed by atoms with Gasteiger partial charge in [-0.2, -0.15) is 0 Å². The van der Waals surface area contributed by atoms with E-state index < -0.39 is 0 Å². The Morgan fingerprint density at radius 3 is 3.13 bits per heavy atom. The first-order valence-electron chi connectivity index (χ1n) is 5.45. The zero-order valence-electron chi connectivity index (χ0n) is 9.02. The molecule has 1 N–H and O–H groups in total. The first-order valence-corrected chi connectivity index (χ1v) is 5.45. The van der Waals surface area contributed by atoms with Crippen LogP contribution in [0.4, 0.5) is 0 Å². The molecule has 0 radical (unpaired) electrons. The highest BCUT2D eigenvalue weighted by atomic mass is 16.5. The van der Waals surface area contributed by atoms with Crippen LogP contribution in [0.1, 0.15) is 31.0 Å². The molecule has 4 nitrogen and oxygen atoms in total. The van der Waals surface area contributed by atoms with Crippen LogP contribution in [0.2, 0.25) is 0 Å². The van der Waals surface area contributed by atoms with Crippen molar-refractivity contribution in [2.24, 2.45) is 0 Å². The van der Waals surface area contributed by atoms with E-state index >= 15 is 0 Å². The fourth-order valence-electron chi connectivity index (χ4n) is 1.97. The van der Waals surface area contributed by atoms with Crippen molar-refractivity contribution in [2.75, 3.05) is 13.7 Å². The molecular weight excluding hydrogens is 190 g/mol. The molecule has 1 aliphatic rings. The minimum absolute atomic E-state index is 0.252. The van der Waals surface area contributed by atoms with E-state index in [9.17, 15) is 0 Å². The van der Waals surface area contributed by atoms with Crippen LogP contribution in [0.5, 0.6) is 0 Å². The number of rotatable bonds is 4. The van der Waals surface area contributed by atoms with Gasteiger partial charge in [0.1, 0.15) is 0 Å². The highest BCUT2D eigenvalue weighted by Gasteiger charge is 2.21. The van der Waals surface area contributed by atoms with Crippen molar-refractivity contribution >= 4 is 0 Å². The van der Waals surface area contributed by atoms with Crippen molar-refractivity contribution in [1.82, 2.24) is 15.3 Å². The predicted octanol–water partition coefficient (Wildman–Crippen LogP) is 1.31. The molecule has 0 aromatic carbocycles. The molecule has 2 heterocycles. The largest absolute Gasteiger partial charge is 0.378 e. The molecule has 0 saturated carbocycles. The van der Waals surface area contributed by atoms with Crippen molar-refractivity contribution in [3.63, 3.8) is 0 Å². The summed E-state index contributed by atoms with van der Waals surface area (Å²) in [6, 6.07) is 0.252. The molecule has 0 spiro atoms. The van der Waals surface area contributed by atoms with Gasteiger partial charge in [-0.25, -0.2) is 0 Å². The first kappa shape index (κ1) is 10.5. The summed E-state index contributed by atoms with van der Waals surface area (Å²) in [4.78, 5) is 8.40. The van der Waals surface area contributed by atoms with Crippen LogP contribution in [0.25, 0.3) is 0 Å². The first-order chi connectivity index (χ1) is 7.40. The number of ether oxygens (including phenoxy) is 1. The quantitative estimate of drug-likeness (QED) is 0.808. The summed E-state index contributed by atoms with van der Waals surface area (Å²) in [5, 5.41) is 3.26. The summed E-state index contributed by atoms with van der Waals surface area (Å²) < 4.78 is 5.62. The topological polar surface area (TPSA) is 47.0 Å². The molecule has 1 aliphatic heterocycles. The lowest BCUT2D eigenvalue weighted by atomic mass is 10.0. The van der Waals surface area contributed by atoms with E-state index in [0.29, 0.717) is 6.10 Å². The Balaban J connectivity index is 1.97. The highest BCUT2D eigenvalue weighted by Crippen LogP contribution is 2.23. The average molecular weight is 207 g/mol. The molecule has 15 heavy (non-hydrogen) atoms. The Morgan fingerprint density at radius 2 is 2.53 bits per heavy atom. The molecule has 1 aromatic rings. The highest BCUT2D eigenvalue weighted by molar-refractivity contribution is 5.02. The summed E-state index contributed by atoms with van der Waals surface area (Å²) in [6.45, 7) is 0.904. The molecule has 2 rings (SSSR count). The maximum Gasteiger partial charge on any atom is 0.0756 e. The number of hydrogen-bond donors (Lipinski definition) is 1. The minimum atomic E-state index is 0.252. The summed E-state index contributed by atoms with van der Waals surface area (Å²) in [6.07, 6.45) is 8.95. The second-order valence-electron chi connectivity index (χ2n) is 3.84. The van der Waals surface area contributed by atoms with Crippen LogP contribution in [0.3, 0.4) is 0 Å². The van der Waals surface area contributed by atoms with Gasteiger partial charge in [-0.1, -0.05) is 0 Å². The van der Waals surface area contributed by atoms with E-state index in [1.807, 2.05) is 13.2 Å². The molecule has 2 unspecified atom stereocenters. The Hall–Kier alpha value is -1.00. The van der Waals surface area contributed by atoms with Gasteiger partial charge in [-0.15, -0.1) is 0 Å². The van der Waals surface area contributed by atoms with Gasteiger partial charge in [0.05, 0.1) is 17.8 Å². The smallest absolute Gasteiger partial charge is 0.0756 e. The molecule has 0 amide bonds. The Bertz CT molecular complexity index is 285. The van der Waals surface area contributed by atoms with Gasteiger partial charge < -0.3 is 10.1 Å². The van der Waals surface area contributed by atoms with Crippen molar-refractivity contribution in [3.8, 4) is 0 Å². The summed E-state index contributed by atoms with van der Waals surface area (Å²) in [5.41, 5.74) is 0.996. The van der Waals surface area contributed by atoms with E-state index in [2.05, 4.69) is 15.3 Å². The van der Waals surface area contributed by atoms with Gasteiger partial charge >= 0.3 is 0 Å². The predicted molar refractivity (Wildman–Crippen MR) is 57.4 cm³/mol. The molecule has 4 heteroatoms. The lowest BCUT2D eigenvalue weighted by Gasteiger charge is -2.18. The minimum Gasteiger partial charge on any atom is -0.378 e. The van der Waals surface area contributed by atoms with E-state index in [0.717, 1.165) is 18.7 Å². The monoisotopic (exact) mass is 207 g/mol. The van der Waals surface area contributed by atoms with Crippen LogP contribution in [0.15, 0.2) is 18.6 Å². The second kappa shape index (κ2) is 5.19. The zero-order chi connectivity index (χ0) is 10.5. The van der Waals surface area contributed by atoms with Crippen LogP contribution >= 0.6 is 0 Å². The van der Waals surface area contributed by atoms with Gasteiger partial charge in [0.2, 0.25) is 0 Å². The van der Waals surface area contributed by atoms with Crippen molar-refractivity contribution in [3.05, 3.63) is 24.3 Å². The lowest BCUT2D eigenvalue weighted by Crippen LogP contribution is -2.23. The second-order valence-corrected chi connectivity index (χ2v) is 3.84.